The smallest absolute Gasteiger partial charge is 0.257 e. The van der Waals surface area contributed by atoms with E-state index < -0.39 is 0 Å². The summed E-state index contributed by atoms with van der Waals surface area (Å²) in [7, 11) is 0. The van der Waals surface area contributed by atoms with Crippen LogP contribution >= 0.6 is 0 Å². The maximum atomic E-state index is 12.3. The van der Waals surface area contributed by atoms with Gasteiger partial charge in [-0.25, -0.2) is 4.98 Å². The second-order valence-corrected chi connectivity index (χ2v) is 9.65. The minimum absolute atomic E-state index is 0.0171. The number of hydrogen-bond donors (Lipinski definition) is 1. The number of amides is 1. The molecular weight excluding hydrogens is 462 g/mol. The van der Waals surface area contributed by atoms with Gasteiger partial charge in [0, 0.05) is 19.5 Å². The summed E-state index contributed by atoms with van der Waals surface area (Å²) in [6, 6.07) is 20.5. The van der Waals surface area contributed by atoms with Crippen LogP contribution < -0.4 is 14.8 Å². The lowest BCUT2D eigenvalue weighted by atomic mass is 10.1. The maximum Gasteiger partial charge on any atom is 0.257 e. The Labute approximate surface area is 219 Å². The van der Waals surface area contributed by atoms with E-state index in [0.717, 1.165) is 70.9 Å². The molecule has 0 atom stereocenters. The van der Waals surface area contributed by atoms with Gasteiger partial charge in [-0.3, -0.25) is 4.79 Å². The fraction of sp³-hybridized carbons (Fsp3) is 0.355. The third-order valence-electron chi connectivity index (χ3n) is 6.46. The fourth-order valence-electron chi connectivity index (χ4n) is 4.36. The molecule has 0 fully saturated rings. The molecule has 1 heterocycles. The van der Waals surface area contributed by atoms with Gasteiger partial charge in [0.05, 0.1) is 17.6 Å². The number of rotatable bonds is 12. The number of nitrogens with one attached hydrogen (secondary N) is 1. The molecule has 0 aliphatic heterocycles. The number of nitrogens with zero attached hydrogens (tertiary/aromatic N) is 2. The number of para-hydroxylation sites is 2. The predicted molar refractivity (Wildman–Crippen MR) is 149 cm³/mol. The van der Waals surface area contributed by atoms with Gasteiger partial charge in [0.2, 0.25) is 0 Å². The Morgan fingerprint density at radius 3 is 2.27 bits per heavy atom. The van der Waals surface area contributed by atoms with Gasteiger partial charge < -0.3 is 19.4 Å². The summed E-state index contributed by atoms with van der Waals surface area (Å²) in [4.78, 5) is 17.2. The molecule has 1 N–H and O–H groups in total. The van der Waals surface area contributed by atoms with Crippen LogP contribution in [0.3, 0.4) is 0 Å². The highest BCUT2D eigenvalue weighted by molar-refractivity contribution is 5.77. The van der Waals surface area contributed by atoms with Crippen LogP contribution in [0.1, 0.15) is 40.9 Å². The zero-order valence-electron chi connectivity index (χ0n) is 22.3. The van der Waals surface area contributed by atoms with Crippen molar-refractivity contribution in [2.75, 3.05) is 19.8 Å². The molecule has 3 aromatic carbocycles. The molecule has 0 unspecified atom stereocenters. The van der Waals surface area contributed by atoms with Gasteiger partial charge in [-0.2, -0.15) is 0 Å². The average molecular weight is 500 g/mol. The summed E-state index contributed by atoms with van der Waals surface area (Å²) >= 11 is 0. The third-order valence-corrected chi connectivity index (χ3v) is 6.46. The Morgan fingerprint density at radius 2 is 1.54 bits per heavy atom. The third kappa shape index (κ3) is 7.13. The number of carbonyl (C=O) groups is 1. The first-order valence-corrected chi connectivity index (χ1v) is 13.0. The average Bonchev–Trinajstić information content (AvgIpc) is 3.24. The first kappa shape index (κ1) is 26.3. The molecule has 0 bridgehead atoms. The lowest BCUT2D eigenvalue weighted by molar-refractivity contribution is -0.123. The first-order valence-electron chi connectivity index (χ1n) is 13.0. The van der Waals surface area contributed by atoms with E-state index in [1.54, 1.807) is 0 Å². The topological polar surface area (TPSA) is 65.4 Å². The van der Waals surface area contributed by atoms with E-state index in [9.17, 15) is 4.79 Å². The number of fused-ring (bicyclic) bond motifs is 1. The summed E-state index contributed by atoms with van der Waals surface area (Å²) in [5.74, 6) is 2.63. The van der Waals surface area contributed by atoms with Crippen LogP contribution in [0, 0.1) is 27.7 Å². The van der Waals surface area contributed by atoms with Crippen LogP contribution in [0.4, 0.5) is 0 Å². The number of aryl methyl sites for hydroxylation is 6. The standard InChI is InChI=1S/C31H37N3O3/c1-22-12-14-24(3)28(19-22)36-18-8-17-34-27-10-6-5-9-26(27)33-30(34)11-7-16-32-31(35)21-37-29-20-23(2)13-15-25(29)4/h5-6,9-10,12-15,19-20H,7-8,11,16-18,21H2,1-4H3,(H,32,35). The second-order valence-electron chi connectivity index (χ2n) is 9.65. The molecule has 6 heteroatoms. The summed E-state index contributed by atoms with van der Waals surface area (Å²) in [5.41, 5.74) is 6.62. The van der Waals surface area contributed by atoms with Crippen LogP contribution in [-0.4, -0.2) is 35.2 Å². The van der Waals surface area contributed by atoms with E-state index in [2.05, 4.69) is 48.0 Å². The molecule has 0 radical (unpaired) electrons. The first-order chi connectivity index (χ1) is 17.9. The van der Waals surface area contributed by atoms with Crippen molar-refractivity contribution in [3.8, 4) is 11.5 Å². The summed E-state index contributed by atoms with van der Waals surface area (Å²) in [6.07, 6.45) is 2.47. The zero-order chi connectivity index (χ0) is 26.2. The highest BCUT2D eigenvalue weighted by Gasteiger charge is 2.11. The molecule has 0 saturated carbocycles. The van der Waals surface area contributed by atoms with Crippen LogP contribution in [0.25, 0.3) is 11.0 Å². The highest BCUT2D eigenvalue weighted by Crippen LogP contribution is 2.21. The lowest BCUT2D eigenvalue weighted by Crippen LogP contribution is -2.30. The van der Waals surface area contributed by atoms with Gasteiger partial charge in [-0.15, -0.1) is 0 Å². The normalized spacial score (nSPS) is 11.0. The minimum atomic E-state index is -0.113. The number of carbonyl (C=O) groups excluding carboxylic acids is 1. The van der Waals surface area contributed by atoms with E-state index in [-0.39, 0.29) is 12.5 Å². The van der Waals surface area contributed by atoms with Crippen LogP contribution in [0.2, 0.25) is 0 Å². The van der Waals surface area contributed by atoms with Gasteiger partial charge in [0.1, 0.15) is 17.3 Å². The Morgan fingerprint density at radius 1 is 0.865 bits per heavy atom. The molecule has 0 spiro atoms. The molecule has 4 rings (SSSR count). The Hall–Kier alpha value is -3.80. The van der Waals surface area contributed by atoms with Crippen molar-refractivity contribution in [1.82, 2.24) is 14.9 Å². The summed E-state index contributed by atoms with van der Waals surface area (Å²) in [5, 5.41) is 2.97. The number of aromatic nitrogens is 2. The number of imidazole rings is 1. The fourth-order valence-corrected chi connectivity index (χ4v) is 4.36. The van der Waals surface area contributed by atoms with Crippen molar-refractivity contribution in [2.24, 2.45) is 0 Å². The molecule has 0 saturated heterocycles. The van der Waals surface area contributed by atoms with E-state index in [1.165, 1.54) is 5.56 Å². The van der Waals surface area contributed by atoms with E-state index >= 15 is 0 Å². The molecular formula is C31H37N3O3. The Balaban J connectivity index is 1.27. The lowest BCUT2D eigenvalue weighted by Gasteiger charge is -2.13. The molecule has 4 aromatic rings. The van der Waals surface area contributed by atoms with E-state index in [4.69, 9.17) is 14.5 Å². The highest BCUT2D eigenvalue weighted by atomic mass is 16.5. The number of ether oxygens (including phenoxy) is 2. The SMILES string of the molecule is Cc1ccc(C)c(OCCCn2c(CCCNC(=O)COc3cc(C)ccc3C)nc3ccccc32)c1. The van der Waals surface area contributed by atoms with Crippen molar-refractivity contribution in [1.29, 1.82) is 0 Å². The van der Waals surface area contributed by atoms with Crippen molar-refractivity contribution >= 4 is 16.9 Å². The zero-order valence-corrected chi connectivity index (χ0v) is 22.3. The van der Waals surface area contributed by atoms with Gasteiger partial charge in [0.25, 0.3) is 5.91 Å². The maximum absolute atomic E-state index is 12.3. The van der Waals surface area contributed by atoms with Crippen molar-refractivity contribution in [2.45, 2.75) is 53.5 Å². The quantitative estimate of drug-likeness (QED) is 0.248. The van der Waals surface area contributed by atoms with E-state index in [0.29, 0.717) is 13.2 Å². The van der Waals surface area contributed by atoms with Crippen molar-refractivity contribution in [3.05, 3.63) is 88.7 Å². The van der Waals surface area contributed by atoms with E-state index in [1.807, 2.05) is 50.2 Å². The molecule has 6 nitrogen and oxygen atoms in total. The van der Waals surface area contributed by atoms with Crippen LogP contribution in [0.15, 0.2) is 60.7 Å². The minimum Gasteiger partial charge on any atom is -0.493 e. The van der Waals surface area contributed by atoms with Gasteiger partial charge in [0.15, 0.2) is 6.61 Å². The number of hydrogen-bond acceptors (Lipinski definition) is 4. The Bertz CT molecular complexity index is 1360. The monoisotopic (exact) mass is 499 g/mol. The summed E-state index contributed by atoms with van der Waals surface area (Å²) in [6.45, 7) is 10.2. The van der Waals surface area contributed by atoms with Gasteiger partial charge in [-0.1, -0.05) is 36.4 Å². The number of benzene rings is 3. The van der Waals surface area contributed by atoms with Crippen molar-refractivity contribution < 1.29 is 14.3 Å². The predicted octanol–water partition coefficient (Wildman–Crippen LogP) is 5.87. The van der Waals surface area contributed by atoms with Gasteiger partial charge in [-0.05, 0) is 87.1 Å². The molecule has 0 aliphatic rings. The van der Waals surface area contributed by atoms with Gasteiger partial charge >= 0.3 is 0 Å². The molecule has 0 aliphatic carbocycles. The molecule has 194 valence electrons. The molecule has 1 aromatic heterocycles. The summed E-state index contributed by atoms with van der Waals surface area (Å²) < 4.78 is 14.1. The second kappa shape index (κ2) is 12.4. The van der Waals surface area contributed by atoms with Crippen molar-refractivity contribution in [3.63, 3.8) is 0 Å². The largest absolute Gasteiger partial charge is 0.493 e. The molecule has 1 amide bonds. The molecule has 37 heavy (non-hydrogen) atoms. The van der Waals surface area contributed by atoms with Crippen LogP contribution in [-0.2, 0) is 17.8 Å². The Kier molecular flexibility index (Phi) is 8.83. The van der Waals surface area contributed by atoms with Crippen LogP contribution in [0.5, 0.6) is 11.5 Å².